The van der Waals surface area contributed by atoms with Gasteiger partial charge in [0.15, 0.2) is 23.0 Å². The first-order valence-electron chi connectivity index (χ1n) is 13.2. The summed E-state index contributed by atoms with van der Waals surface area (Å²) in [4.78, 5) is 0. The molecule has 2 aliphatic rings. The lowest BCUT2D eigenvalue weighted by Crippen LogP contribution is -2.53. The smallest absolute Gasteiger partial charge is 0.304 e. The van der Waals surface area contributed by atoms with Gasteiger partial charge in [-0.25, -0.2) is 0 Å². The van der Waals surface area contributed by atoms with Gasteiger partial charge in [-0.3, -0.25) is 0 Å². The average Bonchev–Trinajstić information content (AvgIpc) is 2.95. The number of ether oxygens (including phenoxy) is 3. The van der Waals surface area contributed by atoms with Crippen molar-refractivity contribution in [2.45, 2.75) is 43.9 Å². The van der Waals surface area contributed by atoms with Gasteiger partial charge in [0.25, 0.3) is 0 Å². The fraction of sp³-hybridized carbons (Fsp3) is 0.226. The van der Waals surface area contributed by atoms with E-state index in [1.165, 1.54) is 42.5 Å². The molecule has 0 unspecified atom stereocenters. The zero-order valence-electron chi connectivity index (χ0n) is 22.6. The van der Waals surface area contributed by atoms with Crippen molar-refractivity contribution in [1.29, 1.82) is 0 Å². The molecule has 4 aromatic carbocycles. The van der Waals surface area contributed by atoms with Crippen LogP contribution in [0.5, 0.6) is 57.5 Å². The monoisotopic (exact) mass is 592 g/mol. The van der Waals surface area contributed by atoms with Crippen molar-refractivity contribution in [1.82, 2.24) is 0 Å². The van der Waals surface area contributed by atoms with Gasteiger partial charge < -0.3 is 60.2 Å². The third-order valence-corrected chi connectivity index (χ3v) is 7.80. The summed E-state index contributed by atoms with van der Waals surface area (Å²) in [6.07, 6.45) is -3.90. The number of aliphatic hydroxyl groups is 2. The maximum atomic E-state index is 11.5. The Hall–Kier alpha value is -5.20. The summed E-state index contributed by atoms with van der Waals surface area (Å²) in [6, 6.07) is 11.2. The number of phenolic OH excluding ortho intramolecular Hbond substituents is 7. The second kappa shape index (κ2) is 9.96. The summed E-state index contributed by atoms with van der Waals surface area (Å²) >= 11 is 0. The van der Waals surface area contributed by atoms with Crippen LogP contribution in [0, 0.1) is 6.92 Å². The van der Waals surface area contributed by atoms with Gasteiger partial charge in [0, 0.05) is 53.3 Å². The highest BCUT2D eigenvalue weighted by Crippen LogP contribution is 2.50. The van der Waals surface area contributed by atoms with Crippen LogP contribution in [0.25, 0.3) is 0 Å². The van der Waals surface area contributed by atoms with Crippen molar-refractivity contribution < 1.29 is 60.2 Å². The first-order valence-corrected chi connectivity index (χ1v) is 13.2. The van der Waals surface area contributed by atoms with Crippen molar-refractivity contribution in [3.8, 4) is 57.5 Å². The van der Waals surface area contributed by atoms with E-state index in [1.807, 2.05) is 0 Å². The van der Waals surface area contributed by atoms with Crippen LogP contribution in [-0.4, -0.2) is 58.2 Å². The van der Waals surface area contributed by atoms with E-state index < -0.39 is 41.3 Å². The third kappa shape index (κ3) is 4.57. The Balaban J connectivity index is 1.47. The number of rotatable bonds is 4. The quantitative estimate of drug-likeness (QED) is 0.157. The van der Waals surface area contributed by atoms with Crippen LogP contribution >= 0.6 is 0 Å². The van der Waals surface area contributed by atoms with Crippen LogP contribution in [-0.2, 0) is 18.6 Å². The van der Waals surface area contributed by atoms with E-state index in [-0.39, 0.29) is 69.8 Å². The van der Waals surface area contributed by atoms with Gasteiger partial charge >= 0.3 is 5.79 Å². The fourth-order valence-electron chi connectivity index (χ4n) is 5.54. The maximum Gasteiger partial charge on any atom is 0.304 e. The Kier molecular flexibility index (Phi) is 6.48. The van der Waals surface area contributed by atoms with E-state index in [2.05, 4.69) is 0 Å². The van der Waals surface area contributed by atoms with Gasteiger partial charge in [-0.1, -0.05) is 6.07 Å². The second-order valence-electron chi connectivity index (χ2n) is 10.6. The molecule has 2 heterocycles. The molecule has 4 atom stereocenters. The highest BCUT2D eigenvalue weighted by molar-refractivity contribution is 5.59. The largest absolute Gasteiger partial charge is 0.508 e. The minimum absolute atomic E-state index is 0.0261. The minimum atomic E-state index is -2.14. The van der Waals surface area contributed by atoms with Gasteiger partial charge in [-0.2, -0.15) is 0 Å². The molecule has 0 aromatic heterocycles. The zero-order valence-corrected chi connectivity index (χ0v) is 22.6. The molecule has 43 heavy (non-hydrogen) atoms. The summed E-state index contributed by atoms with van der Waals surface area (Å²) in [7, 11) is 0. The molecule has 9 N–H and O–H groups in total. The molecular formula is C31H28O12. The molecule has 0 bridgehead atoms. The molecule has 12 heteroatoms. The lowest BCUT2D eigenvalue weighted by Gasteiger charge is -2.43. The Labute approximate surface area is 244 Å². The predicted octanol–water partition coefficient (Wildman–Crippen LogP) is 3.20. The summed E-state index contributed by atoms with van der Waals surface area (Å²) < 4.78 is 18.6. The number of phenols is 7. The number of benzene rings is 4. The first-order chi connectivity index (χ1) is 20.4. The molecule has 0 fully saturated rings. The van der Waals surface area contributed by atoms with Gasteiger partial charge in [-0.15, -0.1) is 0 Å². The number of aliphatic hydroxyl groups excluding tert-OH is 2. The standard InChI is InChI=1S/C31H28O12/c1-13-26(12-22(36)18-10-25(39)30(41-29(13)18)14-2-4-19(33)23(37)6-14)42-31(15-3-5-20(34)24(38)7-15)28(40)11-17-21(35)8-16(32)9-27(17)43-31/h2-9,12,25,28,30,32-40H,10-11H2,1H3/t25-,28-,30-,31-/m1/s1. The molecule has 12 nitrogen and oxygen atoms in total. The fourth-order valence-corrected chi connectivity index (χ4v) is 5.54. The van der Waals surface area contributed by atoms with Crippen molar-refractivity contribution in [2.75, 3.05) is 0 Å². The normalized spacial score (nSPS) is 22.5. The third-order valence-electron chi connectivity index (χ3n) is 7.80. The number of fused-ring (bicyclic) bond motifs is 2. The first kappa shape index (κ1) is 27.9. The average molecular weight is 593 g/mol. The summed E-state index contributed by atoms with van der Waals surface area (Å²) in [5.74, 6) is -4.72. The van der Waals surface area contributed by atoms with Crippen molar-refractivity contribution >= 4 is 0 Å². The zero-order chi connectivity index (χ0) is 30.8. The second-order valence-corrected chi connectivity index (χ2v) is 10.6. The van der Waals surface area contributed by atoms with Crippen LogP contribution in [0.4, 0.5) is 0 Å². The molecule has 0 radical (unpaired) electrons. The van der Waals surface area contributed by atoms with Gasteiger partial charge in [-0.05, 0) is 42.8 Å². The number of hydrogen-bond donors (Lipinski definition) is 9. The van der Waals surface area contributed by atoms with Gasteiger partial charge in [0.05, 0.1) is 6.10 Å². The van der Waals surface area contributed by atoms with E-state index in [0.717, 1.165) is 12.1 Å². The van der Waals surface area contributed by atoms with E-state index in [9.17, 15) is 46.0 Å². The molecule has 0 amide bonds. The molecule has 0 spiro atoms. The summed E-state index contributed by atoms with van der Waals surface area (Å²) in [5, 5.41) is 93.7. The molecular weight excluding hydrogens is 564 g/mol. The van der Waals surface area contributed by atoms with Gasteiger partial charge in [0.2, 0.25) is 0 Å². The van der Waals surface area contributed by atoms with Gasteiger partial charge in [0.1, 0.15) is 46.7 Å². The Bertz CT molecular complexity index is 1750. The maximum absolute atomic E-state index is 11.5. The van der Waals surface area contributed by atoms with Crippen LogP contribution in [0.1, 0.15) is 33.9 Å². The van der Waals surface area contributed by atoms with Crippen molar-refractivity contribution in [3.05, 3.63) is 82.4 Å². The van der Waals surface area contributed by atoms with Crippen LogP contribution in [0.2, 0.25) is 0 Å². The molecule has 6 rings (SSSR count). The van der Waals surface area contributed by atoms with Crippen molar-refractivity contribution in [3.63, 3.8) is 0 Å². The molecule has 2 aliphatic heterocycles. The molecule has 4 aromatic rings. The van der Waals surface area contributed by atoms with E-state index in [0.29, 0.717) is 11.1 Å². The molecule has 0 saturated carbocycles. The van der Waals surface area contributed by atoms with Crippen LogP contribution < -0.4 is 14.2 Å². The Morgan fingerprint density at radius 1 is 0.721 bits per heavy atom. The predicted molar refractivity (Wildman–Crippen MR) is 148 cm³/mol. The lowest BCUT2D eigenvalue weighted by atomic mass is 9.89. The summed E-state index contributed by atoms with van der Waals surface area (Å²) in [6.45, 7) is 1.61. The highest BCUT2D eigenvalue weighted by Gasteiger charge is 2.50. The van der Waals surface area contributed by atoms with Crippen LogP contribution in [0.3, 0.4) is 0 Å². The van der Waals surface area contributed by atoms with E-state index in [1.54, 1.807) is 6.92 Å². The van der Waals surface area contributed by atoms with E-state index >= 15 is 0 Å². The van der Waals surface area contributed by atoms with Crippen LogP contribution in [0.15, 0.2) is 54.6 Å². The van der Waals surface area contributed by atoms with Crippen molar-refractivity contribution in [2.24, 2.45) is 0 Å². The SMILES string of the molecule is Cc1c(O[C@]2(c3ccc(O)c(O)c3)Oc3cc(O)cc(O)c3C[C@H]2O)cc(O)c2c1O[C@H](c1ccc(O)c(O)c1)[C@H](O)C2. The molecule has 224 valence electrons. The Morgan fingerprint density at radius 2 is 1.40 bits per heavy atom. The Morgan fingerprint density at radius 3 is 2.09 bits per heavy atom. The molecule has 0 aliphatic carbocycles. The highest BCUT2D eigenvalue weighted by atomic mass is 16.7. The topological polar surface area (TPSA) is 210 Å². The summed E-state index contributed by atoms with van der Waals surface area (Å²) in [5.41, 5.74) is 1.20. The molecule has 0 saturated heterocycles. The lowest BCUT2D eigenvalue weighted by molar-refractivity contribution is -0.203. The minimum Gasteiger partial charge on any atom is -0.508 e. The number of hydrogen-bond acceptors (Lipinski definition) is 12. The number of aromatic hydroxyl groups is 7. The van der Waals surface area contributed by atoms with E-state index in [4.69, 9.17) is 14.2 Å².